The molecule has 0 spiro atoms. The Morgan fingerprint density at radius 3 is 2.09 bits per heavy atom. The second-order valence-corrected chi connectivity index (χ2v) is 4.73. The molecule has 0 saturated heterocycles. The number of aromatic amines is 1. The van der Waals surface area contributed by atoms with Crippen LogP contribution in [0.25, 0.3) is 0 Å². The van der Waals surface area contributed by atoms with Gasteiger partial charge in [-0.3, -0.25) is 0 Å². The Hall–Kier alpha value is -1.60. The topological polar surface area (TPSA) is 90.5 Å². The number of imidazole rings is 1. The zero-order chi connectivity index (χ0) is 16.4. The monoisotopic (exact) mass is 348 g/mol. The minimum Gasteiger partial charge on any atom is -0.461 e. The molecule has 1 rings (SSSR count). The summed E-state index contributed by atoms with van der Waals surface area (Å²) in [5.74, 6) is -0.844. The van der Waals surface area contributed by atoms with E-state index in [-0.39, 0.29) is 43.6 Å². The first kappa shape index (κ1) is 21.4. The predicted octanol–water partition coefficient (Wildman–Crippen LogP) is 2.89. The van der Waals surface area contributed by atoms with Crippen molar-refractivity contribution in [3.63, 3.8) is 0 Å². The third-order valence-electron chi connectivity index (χ3n) is 2.61. The molecule has 1 heterocycles. The van der Waals surface area contributed by atoms with E-state index >= 15 is 0 Å². The Morgan fingerprint density at radius 2 is 1.52 bits per heavy atom. The fourth-order valence-electron chi connectivity index (χ4n) is 1.63. The maximum atomic E-state index is 12.0. The Labute approximate surface area is 142 Å². The van der Waals surface area contributed by atoms with Gasteiger partial charge in [0.25, 0.3) is 0 Å². The molecule has 1 N–H and O–H groups in total. The lowest BCUT2D eigenvalue weighted by molar-refractivity contribution is 0.0450. The van der Waals surface area contributed by atoms with Gasteiger partial charge in [0.1, 0.15) is 12.4 Å². The molecule has 1 aromatic rings. The van der Waals surface area contributed by atoms with Crippen LogP contribution in [0, 0.1) is 0 Å². The Morgan fingerprint density at radius 1 is 0.957 bits per heavy atom. The smallest absolute Gasteiger partial charge is 0.359 e. The van der Waals surface area contributed by atoms with Crippen LogP contribution in [0.15, 0.2) is 0 Å². The van der Waals surface area contributed by atoms with Crippen molar-refractivity contribution >= 4 is 24.3 Å². The van der Waals surface area contributed by atoms with Crippen LogP contribution >= 0.6 is 12.4 Å². The Balaban J connectivity index is 0.00000484. The minimum absolute atomic E-state index is 0. The molecule has 0 aliphatic rings. The summed E-state index contributed by atoms with van der Waals surface area (Å²) in [5, 5.41) is 0. The Bertz CT molecular complexity index is 453. The molecule has 8 heteroatoms. The number of esters is 2. The van der Waals surface area contributed by atoms with Crippen molar-refractivity contribution in [2.24, 2.45) is 0 Å². The van der Waals surface area contributed by atoms with Crippen molar-refractivity contribution in [2.45, 2.75) is 46.6 Å². The van der Waals surface area contributed by atoms with Crippen LogP contribution in [0.4, 0.5) is 0 Å². The second-order valence-electron chi connectivity index (χ2n) is 4.73. The standard InChI is InChI=1S/C15H24N2O5.ClH/c1-4-7-20-10-11-16-12(14(18)21-8-5-2)13(17-11)15(19)22-9-6-3;/h4-10H2,1-3H3,(H,16,17);1H. The lowest BCUT2D eigenvalue weighted by Gasteiger charge is -2.03. The average Bonchev–Trinajstić information content (AvgIpc) is 2.95. The summed E-state index contributed by atoms with van der Waals surface area (Å²) >= 11 is 0. The molecular formula is C15H25ClN2O5. The first-order valence-corrected chi connectivity index (χ1v) is 7.64. The molecular weight excluding hydrogens is 324 g/mol. The van der Waals surface area contributed by atoms with Gasteiger partial charge in [-0.25, -0.2) is 14.6 Å². The van der Waals surface area contributed by atoms with E-state index in [1.165, 1.54) is 0 Å². The van der Waals surface area contributed by atoms with E-state index in [0.717, 1.165) is 6.42 Å². The molecule has 0 radical (unpaired) electrons. The lowest BCUT2D eigenvalue weighted by Crippen LogP contribution is -2.14. The van der Waals surface area contributed by atoms with Gasteiger partial charge in [0, 0.05) is 6.61 Å². The third-order valence-corrected chi connectivity index (χ3v) is 2.61. The highest BCUT2D eigenvalue weighted by atomic mass is 35.5. The fourth-order valence-corrected chi connectivity index (χ4v) is 1.63. The molecule has 0 amide bonds. The zero-order valence-corrected chi connectivity index (χ0v) is 14.7. The quantitative estimate of drug-likeness (QED) is 0.516. The van der Waals surface area contributed by atoms with Crippen molar-refractivity contribution in [1.29, 1.82) is 0 Å². The van der Waals surface area contributed by atoms with Crippen molar-refractivity contribution in [3.05, 3.63) is 17.2 Å². The van der Waals surface area contributed by atoms with Gasteiger partial charge >= 0.3 is 11.9 Å². The molecule has 0 unspecified atom stereocenters. The summed E-state index contributed by atoms with van der Waals surface area (Å²) in [6.45, 7) is 7.09. The van der Waals surface area contributed by atoms with E-state index in [1.54, 1.807) is 0 Å². The summed E-state index contributed by atoms with van der Waals surface area (Å²) in [5.41, 5.74) is -0.0331. The number of nitrogens with one attached hydrogen (secondary N) is 1. The molecule has 7 nitrogen and oxygen atoms in total. The number of H-pyrrole nitrogens is 1. The molecule has 0 aliphatic carbocycles. The van der Waals surface area contributed by atoms with E-state index in [9.17, 15) is 9.59 Å². The number of halogens is 1. The number of carbonyl (C=O) groups excluding carboxylic acids is 2. The molecule has 1 aromatic heterocycles. The largest absolute Gasteiger partial charge is 0.461 e. The van der Waals surface area contributed by atoms with Gasteiger partial charge in [-0.2, -0.15) is 0 Å². The molecule has 0 aliphatic heterocycles. The molecule has 0 fully saturated rings. The normalized spacial score (nSPS) is 10.0. The van der Waals surface area contributed by atoms with Crippen LogP contribution in [0.1, 0.15) is 66.8 Å². The van der Waals surface area contributed by atoms with Crippen LogP contribution in [-0.4, -0.2) is 41.7 Å². The molecule has 0 atom stereocenters. The van der Waals surface area contributed by atoms with Gasteiger partial charge in [0.2, 0.25) is 0 Å². The van der Waals surface area contributed by atoms with Gasteiger partial charge in [-0.15, -0.1) is 12.4 Å². The van der Waals surface area contributed by atoms with Gasteiger partial charge in [0.05, 0.1) is 13.2 Å². The molecule has 0 aromatic carbocycles. The van der Waals surface area contributed by atoms with E-state index in [0.29, 0.717) is 25.3 Å². The second kappa shape index (κ2) is 11.9. The van der Waals surface area contributed by atoms with Gasteiger partial charge in [0.15, 0.2) is 11.4 Å². The molecule has 0 bridgehead atoms. The number of ether oxygens (including phenoxy) is 3. The average molecular weight is 349 g/mol. The van der Waals surface area contributed by atoms with Crippen LogP contribution in [-0.2, 0) is 20.8 Å². The first-order chi connectivity index (χ1) is 10.6. The number of hydrogen-bond acceptors (Lipinski definition) is 6. The van der Waals surface area contributed by atoms with Crippen LogP contribution in [0.2, 0.25) is 0 Å². The summed E-state index contributed by atoms with van der Waals surface area (Å²) in [6.07, 6.45) is 2.26. The highest BCUT2D eigenvalue weighted by molar-refractivity contribution is 6.00. The molecule has 132 valence electrons. The van der Waals surface area contributed by atoms with Gasteiger partial charge < -0.3 is 19.2 Å². The van der Waals surface area contributed by atoms with E-state index < -0.39 is 11.9 Å². The van der Waals surface area contributed by atoms with E-state index in [2.05, 4.69) is 9.97 Å². The summed E-state index contributed by atoms with van der Waals surface area (Å²) in [4.78, 5) is 30.9. The first-order valence-electron chi connectivity index (χ1n) is 7.64. The summed E-state index contributed by atoms with van der Waals surface area (Å²) in [6, 6.07) is 0. The number of carbonyl (C=O) groups is 2. The van der Waals surface area contributed by atoms with Crippen molar-refractivity contribution < 1.29 is 23.8 Å². The molecule has 0 saturated carbocycles. The van der Waals surface area contributed by atoms with Crippen molar-refractivity contribution in [1.82, 2.24) is 9.97 Å². The van der Waals surface area contributed by atoms with Crippen molar-refractivity contribution in [3.8, 4) is 0 Å². The number of hydrogen-bond donors (Lipinski definition) is 1. The SMILES string of the molecule is CCCOCc1nc(C(=O)OCCC)c(C(=O)OCCC)[nH]1.Cl. The van der Waals surface area contributed by atoms with E-state index in [4.69, 9.17) is 14.2 Å². The predicted molar refractivity (Wildman–Crippen MR) is 86.9 cm³/mol. The van der Waals surface area contributed by atoms with Gasteiger partial charge in [-0.1, -0.05) is 20.8 Å². The number of aromatic nitrogens is 2. The van der Waals surface area contributed by atoms with Crippen molar-refractivity contribution in [2.75, 3.05) is 19.8 Å². The summed E-state index contributed by atoms with van der Waals surface area (Å²) in [7, 11) is 0. The highest BCUT2D eigenvalue weighted by Gasteiger charge is 2.25. The number of nitrogens with zero attached hydrogens (tertiary/aromatic N) is 1. The minimum atomic E-state index is -0.636. The fraction of sp³-hybridized carbons (Fsp3) is 0.667. The van der Waals surface area contributed by atoms with E-state index in [1.807, 2.05) is 20.8 Å². The maximum absolute atomic E-state index is 12.0. The van der Waals surface area contributed by atoms with Crippen LogP contribution < -0.4 is 0 Å². The van der Waals surface area contributed by atoms with Crippen LogP contribution in [0.5, 0.6) is 0 Å². The zero-order valence-electron chi connectivity index (χ0n) is 13.8. The highest BCUT2D eigenvalue weighted by Crippen LogP contribution is 2.11. The Kier molecular flexibility index (Phi) is 11.1. The third kappa shape index (κ3) is 7.00. The summed E-state index contributed by atoms with van der Waals surface area (Å²) < 4.78 is 15.5. The molecule has 23 heavy (non-hydrogen) atoms. The van der Waals surface area contributed by atoms with Gasteiger partial charge in [-0.05, 0) is 19.3 Å². The van der Waals surface area contributed by atoms with Crippen LogP contribution in [0.3, 0.4) is 0 Å². The number of rotatable bonds is 10. The maximum Gasteiger partial charge on any atom is 0.359 e. The lowest BCUT2D eigenvalue weighted by atomic mass is 10.3.